The van der Waals surface area contributed by atoms with Gasteiger partial charge in [0.15, 0.2) is 0 Å². The van der Waals surface area contributed by atoms with Gasteiger partial charge in [-0.15, -0.1) is 11.3 Å². The molecule has 106 valence electrons. The molecule has 0 bridgehead atoms. The number of hydrogen-bond acceptors (Lipinski definition) is 3. The molecule has 1 aromatic heterocycles. The number of carboxylic acids is 1. The predicted molar refractivity (Wildman–Crippen MR) is 80.2 cm³/mol. The van der Waals surface area contributed by atoms with Crippen LogP contribution in [0.3, 0.4) is 0 Å². The van der Waals surface area contributed by atoms with Gasteiger partial charge in [-0.1, -0.05) is 39.0 Å². The van der Waals surface area contributed by atoms with Crippen molar-refractivity contribution < 1.29 is 14.7 Å². The molecule has 0 fully saturated rings. The van der Waals surface area contributed by atoms with Crippen LogP contribution in [0.15, 0.2) is 30.3 Å². The normalized spacial score (nSPS) is 13.2. The molecule has 0 saturated carbocycles. The van der Waals surface area contributed by atoms with Crippen LogP contribution in [0.25, 0.3) is 10.1 Å². The largest absolute Gasteiger partial charge is 0.480 e. The Morgan fingerprint density at radius 2 is 1.90 bits per heavy atom. The van der Waals surface area contributed by atoms with Crippen LogP contribution in [0, 0.1) is 5.41 Å². The van der Waals surface area contributed by atoms with Crippen molar-refractivity contribution in [1.29, 1.82) is 0 Å². The van der Waals surface area contributed by atoms with Crippen LogP contribution < -0.4 is 5.32 Å². The quantitative estimate of drug-likeness (QED) is 0.913. The summed E-state index contributed by atoms with van der Waals surface area (Å²) < 4.78 is 1.01. The minimum atomic E-state index is -1.02. The van der Waals surface area contributed by atoms with Gasteiger partial charge in [-0.2, -0.15) is 0 Å². The van der Waals surface area contributed by atoms with E-state index in [0.29, 0.717) is 4.88 Å². The van der Waals surface area contributed by atoms with Gasteiger partial charge in [0.1, 0.15) is 6.04 Å². The van der Waals surface area contributed by atoms with E-state index in [9.17, 15) is 14.7 Å². The average molecular weight is 291 g/mol. The molecule has 0 radical (unpaired) electrons. The Morgan fingerprint density at radius 3 is 2.45 bits per heavy atom. The summed E-state index contributed by atoms with van der Waals surface area (Å²) in [4.78, 5) is 24.0. The van der Waals surface area contributed by atoms with Gasteiger partial charge >= 0.3 is 5.97 Å². The van der Waals surface area contributed by atoms with Crippen LogP contribution in [0.5, 0.6) is 0 Å². The zero-order chi connectivity index (χ0) is 14.9. The number of rotatable bonds is 3. The van der Waals surface area contributed by atoms with Crippen LogP contribution in [0.4, 0.5) is 0 Å². The summed E-state index contributed by atoms with van der Waals surface area (Å²) in [5.41, 5.74) is -0.543. The number of nitrogens with one attached hydrogen (secondary N) is 1. The summed E-state index contributed by atoms with van der Waals surface area (Å²) in [5, 5.41) is 12.8. The van der Waals surface area contributed by atoms with Gasteiger partial charge in [0, 0.05) is 4.70 Å². The summed E-state index contributed by atoms with van der Waals surface area (Å²) in [6.45, 7) is 5.37. The molecular weight excluding hydrogens is 274 g/mol. The number of thiophene rings is 1. The van der Waals surface area contributed by atoms with Gasteiger partial charge < -0.3 is 10.4 Å². The van der Waals surface area contributed by atoms with Crippen LogP contribution in [-0.2, 0) is 4.79 Å². The van der Waals surface area contributed by atoms with Crippen LogP contribution in [-0.4, -0.2) is 23.0 Å². The molecule has 2 rings (SSSR count). The van der Waals surface area contributed by atoms with E-state index in [0.717, 1.165) is 10.1 Å². The molecule has 0 unspecified atom stereocenters. The standard InChI is InChI=1S/C15H17NO3S/c1-15(2,3)12(14(18)19)16-13(17)11-8-9-6-4-5-7-10(9)20-11/h4-8,12H,1-3H3,(H,16,17)(H,18,19)/t12-/m1/s1. The molecule has 20 heavy (non-hydrogen) atoms. The van der Waals surface area contributed by atoms with E-state index >= 15 is 0 Å². The molecule has 1 heterocycles. The SMILES string of the molecule is CC(C)(C)[C@H](NC(=O)c1cc2ccccc2s1)C(=O)O. The van der Waals surface area contributed by atoms with Crippen LogP contribution >= 0.6 is 11.3 Å². The monoisotopic (exact) mass is 291 g/mol. The highest BCUT2D eigenvalue weighted by molar-refractivity contribution is 7.20. The Morgan fingerprint density at radius 1 is 1.25 bits per heavy atom. The number of carbonyl (C=O) groups excluding carboxylic acids is 1. The fraction of sp³-hybridized carbons (Fsp3) is 0.333. The van der Waals surface area contributed by atoms with E-state index in [-0.39, 0.29) is 5.91 Å². The first-order chi connectivity index (χ1) is 9.29. The number of hydrogen-bond donors (Lipinski definition) is 2. The molecule has 0 aliphatic carbocycles. The zero-order valence-corrected chi connectivity index (χ0v) is 12.5. The number of amides is 1. The molecule has 0 aliphatic heterocycles. The van der Waals surface area contributed by atoms with Crippen molar-refractivity contribution in [2.24, 2.45) is 5.41 Å². The van der Waals surface area contributed by atoms with Crippen molar-refractivity contribution in [1.82, 2.24) is 5.32 Å². The highest BCUT2D eigenvalue weighted by atomic mass is 32.1. The van der Waals surface area contributed by atoms with Crippen LogP contribution in [0.1, 0.15) is 30.4 Å². The number of fused-ring (bicyclic) bond motifs is 1. The first-order valence-electron chi connectivity index (χ1n) is 6.31. The first kappa shape index (κ1) is 14.5. The fourth-order valence-corrected chi connectivity index (χ4v) is 2.91. The molecule has 1 atom stereocenters. The maximum Gasteiger partial charge on any atom is 0.326 e. The van der Waals surface area contributed by atoms with Crippen molar-refractivity contribution in [2.45, 2.75) is 26.8 Å². The van der Waals surface area contributed by atoms with Gasteiger partial charge in [-0.3, -0.25) is 4.79 Å². The van der Waals surface area contributed by atoms with Crippen molar-refractivity contribution in [3.05, 3.63) is 35.2 Å². The maximum atomic E-state index is 12.2. The van der Waals surface area contributed by atoms with Gasteiger partial charge in [0.05, 0.1) is 4.88 Å². The molecule has 0 spiro atoms. The second-order valence-corrected chi connectivity index (χ2v) is 6.84. The molecule has 0 saturated heterocycles. The van der Waals surface area contributed by atoms with Crippen molar-refractivity contribution in [3.8, 4) is 0 Å². The number of aliphatic carboxylic acids is 1. The van der Waals surface area contributed by atoms with Crippen molar-refractivity contribution in [3.63, 3.8) is 0 Å². The van der Waals surface area contributed by atoms with E-state index < -0.39 is 17.4 Å². The molecule has 5 heteroatoms. The van der Waals surface area contributed by atoms with E-state index in [1.54, 1.807) is 26.8 Å². The molecule has 1 aromatic carbocycles. The Kier molecular flexibility index (Phi) is 3.81. The second-order valence-electron chi connectivity index (χ2n) is 5.76. The van der Waals surface area contributed by atoms with E-state index in [1.807, 2.05) is 24.3 Å². The van der Waals surface area contributed by atoms with Gasteiger partial charge in [-0.25, -0.2) is 4.79 Å². The fourth-order valence-electron chi connectivity index (χ4n) is 1.94. The Labute approximate surface area is 121 Å². The van der Waals surface area contributed by atoms with E-state index in [2.05, 4.69) is 5.32 Å². The molecule has 1 amide bonds. The average Bonchev–Trinajstić information content (AvgIpc) is 2.77. The lowest BCUT2D eigenvalue weighted by Gasteiger charge is -2.27. The molecular formula is C15H17NO3S. The summed E-state index contributed by atoms with van der Waals surface area (Å²) in [6.07, 6.45) is 0. The maximum absolute atomic E-state index is 12.2. The Hall–Kier alpha value is -1.88. The third-order valence-corrected chi connectivity index (χ3v) is 4.15. The third kappa shape index (κ3) is 2.99. The topological polar surface area (TPSA) is 66.4 Å². The number of benzene rings is 1. The minimum Gasteiger partial charge on any atom is -0.480 e. The molecule has 2 N–H and O–H groups in total. The van der Waals surface area contributed by atoms with Crippen molar-refractivity contribution >= 4 is 33.3 Å². The number of carboxylic acid groups (broad SMARTS) is 1. The lowest BCUT2D eigenvalue weighted by atomic mass is 9.87. The summed E-state index contributed by atoms with van der Waals surface area (Å²) in [7, 11) is 0. The molecule has 2 aromatic rings. The molecule has 0 aliphatic rings. The Balaban J connectivity index is 2.24. The van der Waals surface area contributed by atoms with Gasteiger partial charge in [0.25, 0.3) is 5.91 Å². The summed E-state index contributed by atoms with van der Waals surface area (Å²) >= 11 is 1.36. The lowest BCUT2D eigenvalue weighted by Crippen LogP contribution is -2.48. The second kappa shape index (κ2) is 5.25. The minimum absolute atomic E-state index is 0.339. The predicted octanol–water partition coefficient (Wildman–Crippen LogP) is 3.13. The lowest BCUT2D eigenvalue weighted by molar-refractivity contribution is -0.142. The smallest absolute Gasteiger partial charge is 0.326 e. The highest BCUT2D eigenvalue weighted by Crippen LogP contribution is 2.26. The van der Waals surface area contributed by atoms with E-state index in [1.165, 1.54) is 11.3 Å². The summed E-state index contributed by atoms with van der Waals surface area (Å²) in [5.74, 6) is -1.36. The van der Waals surface area contributed by atoms with Crippen LogP contribution in [0.2, 0.25) is 0 Å². The molecule has 4 nitrogen and oxygen atoms in total. The van der Waals surface area contributed by atoms with E-state index in [4.69, 9.17) is 0 Å². The highest BCUT2D eigenvalue weighted by Gasteiger charge is 2.33. The van der Waals surface area contributed by atoms with Gasteiger partial charge in [0.2, 0.25) is 0 Å². The zero-order valence-electron chi connectivity index (χ0n) is 11.6. The summed E-state index contributed by atoms with van der Waals surface area (Å²) in [6, 6.07) is 8.56. The Bertz CT molecular complexity index is 621. The number of carbonyl (C=O) groups is 2. The van der Waals surface area contributed by atoms with Crippen molar-refractivity contribution in [2.75, 3.05) is 0 Å². The van der Waals surface area contributed by atoms with Gasteiger partial charge in [-0.05, 0) is 22.9 Å². The first-order valence-corrected chi connectivity index (χ1v) is 7.13. The third-order valence-electron chi connectivity index (χ3n) is 3.04.